The Morgan fingerprint density at radius 2 is 1.41 bits per heavy atom. The zero-order valence-corrected chi connectivity index (χ0v) is 15.2. The van der Waals surface area contributed by atoms with Crippen molar-refractivity contribution < 1.29 is 9.47 Å². The highest BCUT2D eigenvalue weighted by atomic mass is 16.5. The van der Waals surface area contributed by atoms with E-state index in [1.54, 1.807) is 6.33 Å². The van der Waals surface area contributed by atoms with Crippen molar-refractivity contribution in [3.8, 4) is 11.1 Å². The number of fused-ring (bicyclic) bond motifs is 1. The maximum atomic E-state index is 5.51. The van der Waals surface area contributed by atoms with Gasteiger partial charge in [-0.25, -0.2) is 9.97 Å². The van der Waals surface area contributed by atoms with Gasteiger partial charge in [0.1, 0.15) is 11.6 Å². The molecule has 140 valence electrons. The van der Waals surface area contributed by atoms with Crippen molar-refractivity contribution in [1.82, 2.24) is 15.0 Å². The van der Waals surface area contributed by atoms with Crippen LogP contribution in [0.25, 0.3) is 22.2 Å². The van der Waals surface area contributed by atoms with Gasteiger partial charge in [-0.15, -0.1) is 0 Å². The SMILES string of the molecule is c1nc2ccc(-c3cc(N4CCOCC4)nc(N4CCOCC4)c3)cc2[nH]1. The van der Waals surface area contributed by atoms with Gasteiger partial charge in [-0.2, -0.15) is 0 Å². The molecule has 3 aromatic rings. The van der Waals surface area contributed by atoms with E-state index in [1.807, 2.05) is 0 Å². The lowest BCUT2D eigenvalue weighted by atomic mass is 10.1. The van der Waals surface area contributed by atoms with Crippen LogP contribution in [-0.4, -0.2) is 67.6 Å². The van der Waals surface area contributed by atoms with Gasteiger partial charge in [-0.3, -0.25) is 0 Å². The number of nitrogens with one attached hydrogen (secondary N) is 1. The number of ether oxygens (including phenoxy) is 2. The molecule has 0 atom stereocenters. The summed E-state index contributed by atoms with van der Waals surface area (Å²) in [5.74, 6) is 2.03. The summed E-state index contributed by atoms with van der Waals surface area (Å²) < 4.78 is 11.0. The fourth-order valence-electron chi connectivity index (χ4n) is 3.69. The summed E-state index contributed by atoms with van der Waals surface area (Å²) in [6.45, 7) is 6.49. The van der Waals surface area contributed by atoms with E-state index in [9.17, 15) is 0 Å². The van der Waals surface area contributed by atoms with Crippen LogP contribution in [0.4, 0.5) is 11.6 Å². The number of anilines is 2. The van der Waals surface area contributed by atoms with Crippen LogP contribution in [0.3, 0.4) is 0 Å². The van der Waals surface area contributed by atoms with Crippen LogP contribution < -0.4 is 9.80 Å². The normalized spacial score (nSPS) is 18.2. The third-order valence-electron chi connectivity index (χ3n) is 5.22. The summed E-state index contributed by atoms with van der Waals surface area (Å²) in [6.07, 6.45) is 1.74. The van der Waals surface area contributed by atoms with E-state index in [-0.39, 0.29) is 0 Å². The first-order valence-corrected chi connectivity index (χ1v) is 9.48. The summed E-state index contributed by atoms with van der Waals surface area (Å²) in [7, 11) is 0. The summed E-state index contributed by atoms with van der Waals surface area (Å²) in [5.41, 5.74) is 4.36. The Balaban J connectivity index is 1.57. The van der Waals surface area contributed by atoms with Crippen LogP contribution in [0.15, 0.2) is 36.7 Å². The van der Waals surface area contributed by atoms with Crippen LogP contribution in [0, 0.1) is 0 Å². The summed E-state index contributed by atoms with van der Waals surface area (Å²) in [6, 6.07) is 10.7. The molecule has 27 heavy (non-hydrogen) atoms. The highest BCUT2D eigenvalue weighted by Crippen LogP contribution is 2.30. The van der Waals surface area contributed by atoms with Gasteiger partial charge in [0.2, 0.25) is 0 Å². The zero-order chi connectivity index (χ0) is 18.1. The van der Waals surface area contributed by atoms with E-state index in [0.29, 0.717) is 0 Å². The number of hydrogen-bond donors (Lipinski definition) is 1. The molecule has 7 nitrogen and oxygen atoms in total. The number of hydrogen-bond acceptors (Lipinski definition) is 6. The van der Waals surface area contributed by atoms with Crippen molar-refractivity contribution in [1.29, 1.82) is 0 Å². The van der Waals surface area contributed by atoms with Crippen molar-refractivity contribution in [2.75, 3.05) is 62.4 Å². The summed E-state index contributed by atoms with van der Waals surface area (Å²) in [4.78, 5) is 17.1. The number of aromatic amines is 1. The van der Waals surface area contributed by atoms with Gasteiger partial charge in [0.25, 0.3) is 0 Å². The average molecular weight is 365 g/mol. The Labute approximate surface area is 157 Å². The van der Waals surface area contributed by atoms with E-state index in [0.717, 1.165) is 80.8 Å². The number of benzene rings is 1. The van der Waals surface area contributed by atoms with Crippen LogP contribution in [-0.2, 0) is 9.47 Å². The van der Waals surface area contributed by atoms with Crippen molar-refractivity contribution in [2.45, 2.75) is 0 Å². The number of pyridine rings is 1. The second-order valence-electron chi connectivity index (χ2n) is 6.91. The molecule has 0 amide bonds. The fraction of sp³-hybridized carbons (Fsp3) is 0.400. The van der Waals surface area contributed by atoms with Gasteiger partial charge in [0.05, 0.1) is 43.8 Å². The molecule has 2 aliphatic heterocycles. The first kappa shape index (κ1) is 16.5. The molecule has 2 aliphatic rings. The highest BCUT2D eigenvalue weighted by Gasteiger charge is 2.19. The van der Waals surface area contributed by atoms with E-state index >= 15 is 0 Å². The molecule has 4 heterocycles. The number of nitrogens with zero attached hydrogens (tertiary/aromatic N) is 4. The van der Waals surface area contributed by atoms with Crippen molar-refractivity contribution >= 4 is 22.7 Å². The van der Waals surface area contributed by atoms with Gasteiger partial charge in [-0.1, -0.05) is 6.07 Å². The van der Waals surface area contributed by atoms with Crippen LogP contribution in [0.2, 0.25) is 0 Å². The molecule has 5 rings (SSSR count). The molecule has 1 N–H and O–H groups in total. The lowest BCUT2D eigenvalue weighted by Crippen LogP contribution is -2.39. The number of rotatable bonds is 3. The third-order valence-corrected chi connectivity index (χ3v) is 5.22. The minimum absolute atomic E-state index is 0.749. The topological polar surface area (TPSA) is 66.5 Å². The second kappa shape index (κ2) is 7.17. The molecule has 2 fully saturated rings. The van der Waals surface area contributed by atoms with Crippen molar-refractivity contribution in [2.24, 2.45) is 0 Å². The van der Waals surface area contributed by atoms with E-state index in [1.165, 1.54) is 5.56 Å². The smallest absolute Gasteiger partial charge is 0.131 e. The van der Waals surface area contributed by atoms with Gasteiger partial charge in [0.15, 0.2) is 0 Å². The number of aromatic nitrogens is 3. The number of imidazole rings is 1. The third kappa shape index (κ3) is 3.36. The minimum atomic E-state index is 0.749. The predicted octanol–water partition coefficient (Wildman–Crippen LogP) is 2.30. The molecule has 0 aliphatic carbocycles. The van der Waals surface area contributed by atoms with Gasteiger partial charge in [0, 0.05) is 26.2 Å². The Kier molecular flexibility index (Phi) is 4.39. The number of morpholine rings is 2. The Hall–Kier alpha value is -2.64. The van der Waals surface area contributed by atoms with E-state index in [4.69, 9.17) is 14.5 Å². The monoisotopic (exact) mass is 365 g/mol. The Bertz CT molecular complexity index is 893. The van der Waals surface area contributed by atoms with Gasteiger partial charge < -0.3 is 24.3 Å². The number of H-pyrrole nitrogens is 1. The molecule has 1 aromatic carbocycles. The Morgan fingerprint density at radius 3 is 2.04 bits per heavy atom. The predicted molar refractivity (Wildman–Crippen MR) is 105 cm³/mol. The molecular weight excluding hydrogens is 342 g/mol. The van der Waals surface area contributed by atoms with E-state index < -0.39 is 0 Å². The first-order valence-electron chi connectivity index (χ1n) is 9.48. The summed E-state index contributed by atoms with van der Waals surface area (Å²) >= 11 is 0. The average Bonchev–Trinajstić information content (AvgIpc) is 3.22. The fourth-order valence-corrected chi connectivity index (χ4v) is 3.69. The summed E-state index contributed by atoms with van der Waals surface area (Å²) in [5, 5.41) is 0. The van der Waals surface area contributed by atoms with Crippen LogP contribution >= 0.6 is 0 Å². The van der Waals surface area contributed by atoms with Crippen molar-refractivity contribution in [3.05, 3.63) is 36.7 Å². The van der Waals surface area contributed by atoms with E-state index in [2.05, 4.69) is 50.1 Å². The largest absolute Gasteiger partial charge is 0.378 e. The molecule has 0 saturated carbocycles. The molecule has 0 spiro atoms. The lowest BCUT2D eigenvalue weighted by Gasteiger charge is -2.32. The quantitative estimate of drug-likeness (QED) is 0.768. The van der Waals surface area contributed by atoms with Crippen LogP contribution in [0.5, 0.6) is 0 Å². The standard InChI is InChI=1S/C20H23N5O2/c1-2-17-18(22-14-21-17)11-15(1)16-12-19(24-3-7-26-8-4-24)23-20(13-16)25-5-9-27-10-6-25/h1-2,11-14H,3-10H2,(H,21,22). The van der Waals surface area contributed by atoms with Gasteiger partial charge >= 0.3 is 0 Å². The maximum absolute atomic E-state index is 5.51. The molecular formula is C20H23N5O2. The maximum Gasteiger partial charge on any atom is 0.131 e. The van der Waals surface area contributed by atoms with Gasteiger partial charge in [-0.05, 0) is 35.4 Å². The molecule has 7 heteroatoms. The molecule has 0 bridgehead atoms. The first-order chi connectivity index (χ1) is 13.4. The molecule has 2 aromatic heterocycles. The molecule has 0 radical (unpaired) electrons. The zero-order valence-electron chi connectivity index (χ0n) is 15.2. The Morgan fingerprint density at radius 1 is 0.778 bits per heavy atom. The van der Waals surface area contributed by atoms with Crippen LogP contribution in [0.1, 0.15) is 0 Å². The highest BCUT2D eigenvalue weighted by molar-refractivity contribution is 5.82. The lowest BCUT2D eigenvalue weighted by molar-refractivity contribution is 0.121. The van der Waals surface area contributed by atoms with Crippen molar-refractivity contribution in [3.63, 3.8) is 0 Å². The minimum Gasteiger partial charge on any atom is -0.378 e. The second-order valence-corrected chi connectivity index (χ2v) is 6.91. The molecule has 2 saturated heterocycles. The molecule has 0 unspecified atom stereocenters.